The summed E-state index contributed by atoms with van der Waals surface area (Å²) in [5.41, 5.74) is 5.23. The van der Waals surface area contributed by atoms with E-state index in [1.165, 1.54) is 5.56 Å². The largest absolute Gasteiger partial charge is 0.472 e. The van der Waals surface area contributed by atoms with Gasteiger partial charge in [0.15, 0.2) is 0 Å². The van der Waals surface area contributed by atoms with Crippen molar-refractivity contribution < 1.29 is 9.13 Å². The van der Waals surface area contributed by atoms with Gasteiger partial charge in [0, 0.05) is 35.9 Å². The van der Waals surface area contributed by atoms with Crippen molar-refractivity contribution in [3.05, 3.63) is 72.7 Å². The van der Waals surface area contributed by atoms with Crippen molar-refractivity contribution in [3.8, 4) is 17.0 Å². The number of pyridine rings is 1. The Morgan fingerprint density at radius 2 is 1.89 bits per heavy atom. The highest BCUT2D eigenvalue weighted by molar-refractivity contribution is 5.94. The van der Waals surface area contributed by atoms with E-state index < -0.39 is 12.8 Å². The number of aryl methyl sites for hydroxylation is 1. The summed E-state index contributed by atoms with van der Waals surface area (Å²) in [6.07, 6.45) is 5.02. The molecule has 0 aliphatic carbocycles. The van der Waals surface area contributed by atoms with Gasteiger partial charge in [0.25, 0.3) is 5.78 Å². The van der Waals surface area contributed by atoms with Crippen LogP contribution in [0.5, 0.6) is 5.88 Å². The fourth-order valence-electron chi connectivity index (χ4n) is 4.17. The van der Waals surface area contributed by atoms with Crippen LogP contribution < -0.4 is 9.64 Å². The van der Waals surface area contributed by atoms with Crippen molar-refractivity contribution in [1.82, 2.24) is 24.6 Å². The lowest BCUT2D eigenvalue weighted by Crippen LogP contribution is -2.14. The Labute approximate surface area is 217 Å². The molecule has 0 aliphatic heterocycles. The molecule has 0 radical (unpaired) electrons. The van der Waals surface area contributed by atoms with Gasteiger partial charge in [-0.15, -0.1) is 10.2 Å². The normalized spacial score (nSPS) is 11.7. The molecule has 3 heterocycles. The molecule has 7 nitrogen and oxygen atoms in total. The van der Waals surface area contributed by atoms with Crippen LogP contribution in [0.25, 0.3) is 27.8 Å². The number of benzene rings is 2. The van der Waals surface area contributed by atoms with Crippen molar-refractivity contribution in [2.75, 3.05) is 18.6 Å². The van der Waals surface area contributed by atoms with E-state index in [1.54, 1.807) is 25.5 Å². The van der Waals surface area contributed by atoms with Gasteiger partial charge < -0.3 is 9.64 Å². The van der Waals surface area contributed by atoms with Gasteiger partial charge in [0.2, 0.25) is 5.88 Å². The summed E-state index contributed by atoms with van der Waals surface area (Å²) in [6, 6.07) is 18.4. The topological polar surface area (TPSA) is 68.4 Å². The molecule has 0 spiro atoms. The third-order valence-corrected chi connectivity index (χ3v) is 6.00. The van der Waals surface area contributed by atoms with Crippen LogP contribution in [0, 0.1) is 0 Å². The van der Waals surface area contributed by atoms with Gasteiger partial charge in [-0.1, -0.05) is 45.4 Å². The Balaban J connectivity index is 0.00000156. The molecule has 5 aromatic rings. The van der Waals surface area contributed by atoms with Gasteiger partial charge in [-0.3, -0.25) is 4.40 Å². The molecule has 1 atom stereocenters. The lowest BCUT2D eigenvalue weighted by molar-refractivity contribution is 0.175. The van der Waals surface area contributed by atoms with Crippen LogP contribution in [0.2, 0.25) is 0 Å². The Kier molecular flexibility index (Phi) is 8.28. The van der Waals surface area contributed by atoms with E-state index in [0.717, 1.165) is 46.4 Å². The third-order valence-electron chi connectivity index (χ3n) is 6.00. The highest BCUT2D eigenvalue weighted by Gasteiger charge is 2.16. The van der Waals surface area contributed by atoms with E-state index in [1.807, 2.05) is 49.6 Å². The van der Waals surface area contributed by atoms with Gasteiger partial charge in [0.1, 0.15) is 24.9 Å². The summed E-state index contributed by atoms with van der Waals surface area (Å²) in [5.74, 6) is 1.78. The number of aromatic nitrogens is 5. The van der Waals surface area contributed by atoms with Gasteiger partial charge in [-0.05, 0) is 54.8 Å². The van der Waals surface area contributed by atoms with Gasteiger partial charge in [-0.25, -0.2) is 9.37 Å². The quantitative estimate of drug-likeness (QED) is 0.233. The summed E-state index contributed by atoms with van der Waals surface area (Å²) in [4.78, 5) is 11.2. The van der Waals surface area contributed by atoms with Crippen LogP contribution in [-0.2, 0) is 6.42 Å². The van der Waals surface area contributed by atoms with Gasteiger partial charge in [-0.2, -0.15) is 4.98 Å². The molecule has 0 fully saturated rings. The Bertz CT molecular complexity index is 1470. The zero-order valence-electron chi connectivity index (χ0n) is 22.0. The fourth-order valence-corrected chi connectivity index (χ4v) is 4.17. The predicted molar refractivity (Wildman–Crippen MR) is 147 cm³/mol. The van der Waals surface area contributed by atoms with E-state index in [0.29, 0.717) is 11.7 Å². The molecule has 8 heteroatoms. The van der Waals surface area contributed by atoms with E-state index in [2.05, 4.69) is 51.3 Å². The minimum absolute atomic E-state index is 0.409. The SMILES string of the molecule is CC.CCCc1ccc2c(N(C)c3cccc(-c4ccc(OC(C)CF)nc4)c3)nc3nncn3c2c1. The third kappa shape index (κ3) is 5.53. The first-order valence-electron chi connectivity index (χ1n) is 12.7. The summed E-state index contributed by atoms with van der Waals surface area (Å²) >= 11 is 0. The Morgan fingerprint density at radius 3 is 2.62 bits per heavy atom. The number of alkyl halides is 1. The monoisotopic (exact) mass is 500 g/mol. The van der Waals surface area contributed by atoms with E-state index >= 15 is 0 Å². The number of fused-ring (bicyclic) bond motifs is 3. The summed E-state index contributed by atoms with van der Waals surface area (Å²) in [7, 11) is 2.00. The number of nitrogens with zero attached hydrogens (tertiary/aromatic N) is 6. The van der Waals surface area contributed by atoms with Crippen molar-refractivity contribution in [1.29, 1.82) is 0 Å². The van der Waals surface area contributed by atoms with E-state index in [-0.39, 0.29) is 0 Å². The number of rotatable bonds is 8. The van der Waals surface area contributed by atoms with E-state index in [9.17, 15) is 4.39 Å². The number of anilines is 2. The first-order valence-corrected chi connectivity index (χ1v) is 12.7. The van der Waals surface area contributed by atoms with Crippen LogP contribution in [0.3, 0.4) is 0 Å². The maximum atomic E-state index is 12.7. The molecular weight excluding hydrogens is 467 g/mol. The molecule has 1 unspecified atom stereocenters. The average Bonchev–Trinajstić information content (AvgIpc) is 3.43. The molecule has 0 saturated carbocycles. The van der Waals surface area contributed by atoms with Gasteiger partial charge >= 0.3 is 0 Å². The second-order valence-electron chi connectivity index (χ2n) is 8.62. The first kappa shape index (κ1) is 26.0. The molecule has 5 rings (SSSR count). The van der Waals surface area contributed by atoms with Crippen molar-refractivity contribution in [2.45, 2.75) is 46.6 Å². The summed E-state index contributed by atoms with van der Waals surface area (Å²) in [6.45, 7) is 7.30. The van der Waals surface area contributed by atoms with E-state index in [4.69, 9.17) is 9.72 Å². The smallest absolute Gasteiger partial charge is 0.257 e. The number of ether oxygens (including phenoxy) is 1. The molecule has 0 N–H and O–H groups in total. The zero-order chi connectivity index (χ0) is 26.4. The van der Waals surface area contributed by atoms with Crippen LogP contribution in [0.15, 0.2) is 67.1 Å². The van der Waals surface area contributed by atoms with Crippen LogP contribution >= 0.6 is 0 Å². The first-order chi connectivity index (χ1) is 18.1. The molecule has 0 bridgehead atoms. The predicted octanol–water partition coefficient (Wildman–Crippen LogP) is 6.82. The van der Waals surface area contributed by atoms with Gasteiger partial charge in [0.05, 0.1) is 5.52 Å². The molecule has 0 saturated heterocycles. The Hall–Kier alpha value is -4.07. The lowest BCUT2D eigenvalue weighted by Gasteiger charge is -2.21. The van der Waals surface area contributed by atoms with Crippen molar-refractivity contribution >= 4 is 28.2 Å². The number of halogens is 1. The van der Waals surface area contributed by atoms with Crippen LogP contribution in [-0.4, -0.2) is 44.4 Å². The molecule has 0 aliphatic rings. The molecule has 192 valence electrons. The van der Waals surface area contributed by atoms with Crippen LogP contribution in [0.1, 0.15) is 39.7 Å². The maximum Gasteiger partial charge on any atom is 0.257 e. The minimum atomic E-state index is -0.555. The maximum absolute atomic E-state index is 12.7. The second-order valence-corrected chi connectivity index (χ2v) is 8.62. The second kappa shape index (κ2) is 11.8. The molecule has 37 heavy (non-hydrogen) atoms. The molecular formula is C29H33FN6O. The molecule has 3 aromatic heterocycles. The molecule has 0 amide bonds. The highest BCUT2D eigenvalue weighted by Crippen LogP contribution is 2.33. The van der Waals surface area contributed by atoms with Crippen LogP contribution in [0.4, 0.5) is 15.9 Å². The number of hydrogen-bond acceptors (Lipinski definition) is 6. The lowest BCUT2D eigenvalue weighted by atomic mass is 10.1. The fraction of sp³-hybridized carbons (Fsp3) is 0.310. The highest BCUT2D eigenvalue weighted by atomic mass is 19.1. The summed E-state index contributed by atoms with van der Waals surface area (Å²) < 4.78 is 20.1. The standard InChI is InChI=1S/C27H27FN6O.C2H6/c1-4-6-19-9-11-23-24(13-19)34-17-30-32-27(34)31-26(23)33(3)22-8-5-7-20(14-22)21-10-12-25(29-16-21)35-18(2)15-28;1-2/h5,7-14,16-18H,4,6,15H2,1-3H3;1-2H3. The molecule has 2 aromatic carbocycles. The van der Waals surface area contributed by atoms with Crippen molar-refractivity contribution in [3.63, 3.8) is 0 Å². The van der Waals surface area contributed by atoms with Crippen molar-refractivity contribution in [2.24, 2.45) is 0 Å². The Morgan fingerprint density at radius 1 is 1.05 bits per heavy atom. The zero-order valence-corrected chi connectivity index (χ0v) is 22.0. The number of hydrogen-bond donors (Lipinski definition) is 0. The summed E-state index contributed by atoms with van der Waals surface area (Å²) in [5, 5.41) is 9.31. The minimum Gasteiger partial charge on any atom is -0.472 e. The average molecular weight is 501 g/mol.